The van der Waals surface area contributed by atoms with E-state index < -0.39 is 10.0 Å². The van der Waals surface area contributed by atoms with Gasteiger partial charge in [-0.1, -0.05) is 30.3 Å². The molecular weight excluding hydrogens is 412 g/mol. The highest BCUT2D eigenvalue weighted by Gasteiger charge is 2.18. The topological polar surface area (TPSA) is 91.2 Å². The molecule has 0 aliphatic rings. The minimum atomic E-state index is -3.58. The van der Waals surface area contributed by atoms with Gasteiger partial charge < -0.3 is 5.32 Å². The molecule has 0 radical (unpaired) electrons. The highest BCUT2D eigenvalue weighted by atomic mass is 32.2. The van der Waals surface area contributed by atoms with Crippen molar-refractivity contribution in [1.29, 1.82) is 0 Å². The third-order valence-electron chi connectivity index (χ3n) is 4.45. The number of carbonyl (C=O) groups is 1. The second kappa shape index (κ2) is 9.63. The molecule has 0 atom stereocenters. The Hall–Kier alpha value is -3.36. The standard InChI is InChI=1S/C23H24N4O3S/c1-17-13-21(16-22(14-17)31(29,30)27(2)3)24-23(28)15-18-9-11-20(12-10-18)26-25-19-7-5-4-6-8-19/h4-14,16H,15H2,1-3H3,(H,24,28). The fourth-order valence-corrected chi connectivity index (χ4v) is 3.89. The number of sulfonamides is 1. The predicted molar refractivity (Wildman–Crippen MR) is 121 cm³/mol. The number of hydrogen-bond acceptors (Lipinski definition) is 5. The second-order valence-corrected chi connectivity index (χ2v) is 9.40. The molecule has 0 saturated heterocycles. The van der Waals surface area contributed by atoms with Gasteiger partial charge in [-0.3, -0.25) is 4.79 Å². The van der Waals surface area contributed by atoms with E-state index in [9.17, 15) is 13.2 Å². The van der Waals surface area contributed by atoms with Crippen LogP contribution in [0, 0.1) is 6.92 Å². The number of amides is 1. The predicted octanol–water partition coefficient (Wildman–Crippen LogP) is 4.84. The number of hydrogen-bond donors (Lipinski definition) is 1. The molecule has 0 aromatic heterocycles. The van der Waals surface area contributed by atoms with Gasteiger partial charge in [-0.25, -0.2) is 12.7 Å². The summed E-state index contributed by atoms with van der Waals surface area (Å²) < 4.78 is 25.9. The van der Waals surface area contributed by atoms with E-state index in [1.165, 1.54) is 20.2 Å². The third-order valence-corrected chi connectivity index (χ3v) is 6.24. The minimum Gasteiger partial charge on any atom is -0.326 e. The largest absolute Gasteiger partial charge is 0.326 e. The van der Waals surface area contributed by atoms with Crippen molar-refractivity contribution in [2.75, 3.05) is 19.4 Å². The molecule has 0 bridgehead atoms. The van der Waals surface area contributed by atoms with Gasteiger partial charge in [0.15, 0.2) is 0 Å². The Bertz CT molecular complexity index is 1190. The summed E-state index contributed by atoms with van der Waals surface area (Å²) in [5.41, 5.74) is 3.44. The van der Waals surface area contributed by atoms with E-state index in [-0.39, 0.29) is 17.2 Å². The summed E-state index contributed by atoms with van der Waals surface area (Å²) >= 11 is 0. The Balaban J connectivity index is 1.66. The summed E-state index contributed by atoms with van der Waals surface area (Å²) in [6.07, 6.45) is 0.153. The molecule has 0 spiro atoms. The van der Waals surface area contributed by atoms with E-state index in [4.69, 9.17) is 0 Å². The molecule has 8 heteroatoms. The van der Waals surface area contributed by atoms with Gasteiger partial charge in [0.2, 0.25) is 15.9 Å². The third kappa shape index (κ3) is 6.07. The van der Waals surface area contributed by atoms with Gasteiger partial charge >= 0.3 is 0 Å². The fraction of sp³-hybridized carbons (Fsp3) is 0.174. The molecule has 3 aromatic carbocycles. The quantitative estimate of drug-likeness (QED) is 0.537. The van der Waals surface area contributed by atoms with Gasteiger partial charge in [0.1, 0.15) is 0 Å². The van der Waals surface area contributed by atoms with Crippen molar-refractivity contribution in [1.82, 2.24) is 4.31 Å². The first-order valence-electron chi connectivity index (χ1n) is 9.64. The number of benzene rings is 3. The number of rotatable bonds is 7. The molecule has 0 saturated carbocycles. The molecule has 3 aromatic rings. The van der Waals surface area contributed by atoms with Crippen LogP contribution in [0.15, 0.2) is 87.9 Å². The lowest BCUT2D eigenvalue weighted by molar-refractivity contribution is -0.115. The first-order valence-corrected chi connectivity index (χ1v) is 11.1. The van der Waals surface area contributed by atoms with Gasteiger partial charge in [0.25, 0.3) is 0 Å². The normalized spacial score (nSPS) is 11.7. The maximum atomic E-state index is 12.5. The number of azo groups is 1. The van der Waals surface area contributed by atoms with E-state index >= 15 is 0 Å². The van der Waals surface area contributed by atoms with Crippen LogP contribution >= 0.6 is 0 Å². The van der Waals surface area contributed by atoms with Crippen molar-refractivity contribution >= 4 is 33.0 Å². The molecule has 0 aliphatic carbocycles. The smallest absolute Gasteiger partial charge is 0.242 e. The zero-order valence-electron chi connectivity index (χ0n) is 17.6. The number of nitrogens with one attached hydrogen (secondary N) is 1. The minimum absolute atomic E-state index is 0.140. The molecular formula is C23H24N4O3S. The molecule has 0 heterocycles. The zero-order valence-corrected chi connectivity index (χ0v) is 18.4. The van der Waals surface area contributed by atoms with E-state index in [0.717, 1.165) is 21.1 Å². The number of anilines is 1. The van der Waals surface area contributed by atoms with Crippen LogP contribution in [-0.2, 0) is 21.2 Å². The molecule has 0 fully saturated rings. The first-order chi connectivity index (χ1) is 14.7. The summed E-state index contributed by atoms with van der Waals surface area (Å²) in [6, 6.07) is 21.4. The number of nitrogens with zero attached hydrogens (tertiary/aromatic N) is 3. The fourth-order valence-electron chi connectivity index (χ4n) is 2.86. The first kappa shape index (κ1) is 22.3. The Kier molecular flexibility index (Phi) is 6.94. The van der Waals surface area contributed by atoms with E-state index in [2.05, 4.69) is 15.5 Å². The van der Waals surface area contributed by atoms with Crippen LogP contribution in [0.2, 0.25) is 0 Å². The highest BCUT2D eigenvalue weighted by Crippen LogP contribution is 2.22. The van der Waals surface area contributed by atoms with Crippen molar-refractivity contribution in [3.8, 4) is 0 Å². The summed E-state index contributed by atoms with van der Waals surface area (Å²) in [7, 11) is -0.642. The number of carbonyl (C=O) groups excluding carboxylic acids is 1. The van der Waals surface area contributed by atoms with Crippen LogP contribution in [0.4, 0.5) is 17.1 Å². The SMILES string of the molecule is Cc1cc(NC(=O)Cc2ccc(N=Nc3ccccc3)cc2)cc(S(=O)(=O)N(C)C)c1. The lowest BCUT2D eigenvalue weighted by atomic mass is 10.1. The lowest BCUT2D eigenvalue weighted by Gasteiger charge is -2.14. The molecule has 160 valence electrons. The Morgan fingerprint density at radius 1 is 0.903 bits per heavy atom. The summed E-state index contributed by atoms with van der Waals surface area (Å²) in [5.74, 6) is -0.238. The van der Waals surface area contributed by atoms with Crippen LogP contribution in [0.25, 0.3) is 0 Å². The van der Waals surface area contributed by atoms with Gasteiger partial charge in [-0.2, -0.15) is 10.2 Å². The van der Waals surface area contributed by atoms with Gasteiger partial charge in [0, 0.05) is 19.8 Å². The van der Waals surface area contributed by atoms with Gasteiger partial charge in [-0.15, -0.1) is 0 Å². The molecule has 0 aliphatic heterocycles. The summed E-state index contributed by atoms with van der Waals surface area (Å²) in [5, 5.41) is 11.1. The number of aryl methyl sites for hydroxylation is 1. The average Bonchev–Trinajstić information content (AvgIpc) is 2.73. The van der Waals surface area contributed by atoms with E-state index in [0.29, 0.717) is 11.4 Å². The highest BCUT2D eigenvalue weighted by molar-refractivity contribution is 7.89. The average molecular weight is 437 g/mol. The maximum absolute atomic E-state index is 12.5. The Morgan fingerprint density at radius 2 is 1.52 bits per heavy atom. The van der Waals surface area contributed by atoms with Crippen molar-refractivity contribution in [3.05, 3.63) is 83.9 Å². The van der Waals surface area contributed by atoms with Crippen molar-refractivity contribution in [2.45, 2.75) is 18.2 Å². The molecule has 3 rings (SSSR count). The maximum Gasteiger partial charge on any atom is 0.242 e. The lowest BCUT2D eigenvalue weighted by Crippen LogP contribution is -2.22. The molecule has 7 nitrogen and oxygen atoms in total. The monoisotopic (exact) mass is 436 g/mol. The van der Waals surface area contributed by atoms with Crippen LogP contribution in [0.1, 0.15) is 11.1 Å². The molecule has 0 unspecified atom stereocenters. The van der Waals surface area contributed by atoms with Crippen molar-refractivity contribution in [3.63, 3.8) is 0 Å². The second-order valence-electron chi connectivity index (χ2n) is 7.25. The summed E-state index contributed by atoms with van der Waals surface area (Å²) in [4.78, 5) is 12.6. The Labute approximate surface area is 182 Å². The van der Waals surface area contributed by atoms with Crippen molar-refractivity contribution in [2.24, 2.45) is 10.2 Å². The van der Waals surface area contributed by atoms with Gasteiger partial charge in [-0.05, 0) is 60.5 Å². The van der Waals surface area contributed by atoms with E-state index in [1.807, 2.05) is 42.5 Å². The van der Waals surface area contributed by atoms with Crippen LogP contribution in [-0.4, -0.2) is 32.7 Å². The van der Waals surface area contributed by atoms with Crippen molar-refractivity contribution < 1.29 is 13.2 Å². The van der Waals surface area contributed by atoms with Crippen LogP contribution < -0.4 is 5.32 Å². The molecule has 31 heavy (non-hydrogen) atoms. The van der Waals surface area contributed by atoms with Crippen LogP contribution in [0.5, 0.6) is 0 Å². The Morgan fingerprint density at radius 3 is 2.13 bits per heavy atom. The molecule has 1 N–H and O–H groups in total. The summed E-state index contributed by atoms with van der Waals surface area (Å²) in [6.45, 7) is 1.78. The van der Waals surface area contributed by atoms with Gasteiger partial charge in [0.05, 0.1) is 22.7 Å². The zero-order chi connectivity index (χ0) is 22.4. The van der Waals surface area contributed by atoms with Crippen LogP contribution in [0.3, 0.4) is 0 Å². The molecule has 1 amide bonds. The van der Waals surface area contributed by atoms with E-state index in [1.54, 1.807) is 31.2 Å².